The van der Waals surface area contributed by atoms with E-state index in [0.717, 1.165) is 0 Å². The molecule has 1 aliphatic heterocycles. The van der Waals surface area contributed by atoms with Crippen LogP contribution in [0, 0.1) is 0 Å². The van der Waals surface area contributed by atoms with Crippen LogP contribution in [0.2, 0.25) is 5.15 Å². The molecule has 3 heterocycles. The van der Waals surface area contributed by atoms with Crippen molar-refractivity contribution in [1.82, 2.24) is 19.5 Å². The molecule has 0 radical (unpaired) electrons. The van der Waals surface area contributed by atoms with Gasteiger partial charge in [-0.3, -0.25) is 4.57 Å². The van der Waals surface area contributed by atoms with Crippen LogP contribution in [-0.2, 0) is 14.2 Å². The lowest BCUT2D eigenvalue weighted by Crippen LogP contribution is -2.37. The number of imidazole rings is 1. The predicted molar refractivity (Wildman–Crippen MR) is 126 cm³/mol. The van der Waals surface area contributed by atoms with Gasteiger partial charge < -0.3 is 19.9 Å². The second-order valence-electron chi connectivity index (χ2n) is 7.91. The van der Waals surface area contributed by atoms with Crippen LogP contribution in [0.15, 0.2) is 67.0 Å². The molecule has 2 aromatic heterocycles. The number of halogens is 2. The van der Waals surface area contributed by atoms with Gasteiger partial charge in [-0.05, 0) is 24.3 Å². The van der Waals surface area contributed by atoms with Crippen LogP contribution >= 0.6 is 11.6 Å². The first kappa shape index (κ1) is 23.6. The summed E-state index contributed by atoms with van der Waals surface area (Å²) in [6, 6.07) is 16.4. The lowest BCUT2D eigenvalue weighted by atomic mass is 10.1. The number of ether oxygens (including phenoxy) is 3. The molecule has 0 saturated carbocycles. The van der Waals surface area contributed by atoms with Gasteiger partial charge >= 0.3 is 11.9 Å². The number of hydrogen-bond donors (Lipinski definition) is 1. The molecule has 184 valence electrons. The summed E-state index contributed by atoms with van der Waals surface area (Å²) in [7, 11) is 0. The second-order valence-corrected chi connectivity index (χ2v) is 8.26. The van der Waals surface area contributed by atoms with E-state index in [1.807, 2.05) is 0 Å². The number of hydrogen-bond acceptors (Lipinski definition) is 9. The van der Waals surface area contributed by atoms with E-state index < -0.39 is 36.5 Å². The van der Waals surface area contributed by atoms with Crippen molar-refractivity contribution in [2.45, 2.75) is 24.6 Å². The van der Waals surface area contributed by atoms with Crippen LogP contribution in [-0.4, -0.2) is 56.4 Å². The summed E-state index contributed by atoms with van der Waals surface area (Å²) in [6.07, 6.45) is -4.45. The van der Waals surface area contributed by atoms with Gasteiger partial charge in [0.1, 0.15) is 18.2 Å². The van der Waals surface area contributed by atoms with Gasteiger partial charge in [0.15, 0.2) is 29.3 Å². The molecule has 1 aliphatic rings. The van der Waals surface area contributed by atoms with Crippen molar-refractivity contribution >= 4 is 40.7 Å². The standard InChI is InChI=1S/C24H19ClFN5O5/c25-19-17-20(30-24(27)29-19)31(12-28-17)21-16(26)18(36-23(33)14-9-5-2-6-10-14)15(35-21)11-34-22(32)13-7-3-1-4-8-13/h1-10,12,15-16,18,21H,11H2,(H2,27,29,30)/t15-,16-,18?,21-/m1/s1. The van der Waals surface area contributed by atoms with Crippen molar-refractivity contribution in [3.05, 3.63) is 83.3 Å². The molecule has 0 spiro atoms. The maximum absolute atomic E-state index is 15.8. The van der Waals surface area contributed by atoms with Gasteiger partial charge in [0.25, 0.3) is 0 Å². The van der Waals surface area contributed by atoms with Crippen molar-refractivity contribution in [2.75, 3.05) is 12.3 Å². The highest BCUT2D eigenvalue weighted by molar-refractivity contribution is 6.33. The summed E-state index contributed by atoms with van der Waals surface area (Å²) in [5.74, 6) is -1.52. The largest absolute Gasteiger partial charge is 0.459 e. The van der Waals surface area contributed by atoms with Crippen molar-refractivity contribution in [2.24, 2.45) is 0 Å². The number of alkyl halides is 1. The fourth-order valence-corrected chi connectivity index (χ4v) is 4.08. The van der Waals surface area contributed by atoms with E-state index in [1.54, 1.807) is 60.7 Å². The van der Waals surface area contributed by atoms with Gasteiger partial charge in [-0.1, -0.05) is 48.0 Å². The van der Waals surface area contributed by atoms with Crippen molar-refractivity contribution < 1.29 is 28.2 Å². The number of nitrogen functional groups attached to an aromatic ring is 1. The highest BCUT2D eigenvalue weighted by Gasteiger charge is 2.50. The minimum atomic E-state index is -1.87. The van der Waals surface area contributed by atoms with E-state index in [1.165, 1.54) is 10.9 Å². The lowest BCUT2D eigenvalue weighted by molar-refractivity contribution is -0.0570. The zero-order chi connectivity index (χ0) is 25.2. The smallest absolute Gasteiger partial charge is 0.338 e. The molecule has 5 rings (SSSR count). The normalized spacial score (nSPS) is 21.4. The van der Waals surface area contributed by atoms with E-state index >= 15 is 4.39 Å². The number of aromatic nitrogens is 4. The summed E-state index contributed by atoms with van der Waals surface area (Å²) in [6.45, 7) is -0.373. The van der Waals surface area contributed by atoms with Gasteiger partial charge in [0.2, 0.25) is 5.95 Å². The molecule has 1 saturated heterocycles. The van der Waals surface area contributed by atoms with Crippen LogP contribution in [0.1, 0.15) is 26.9 Å². The minimum Gasteiger partial charge on any atom is -0.459 e. The molecule has 12 heteroatoms. The Morgan fingerprint density at radius 1 is 1.03 bits per heavy atom. The zero-order valence-corrected chi connectivity index (χ0v) is 19.3. The van der Waals surface area contributed by atoms with E-state index in [-0.39, 0.29) is 34.4 Å². The molecule has 1 fully saturated rings. The first-order valence-corrected chi connectivity index (χ1v) is 11.2. The molecule has 10 nitrogen and oxygen atoms in total. The number of esters is 2. The van der Waals surface area contributed by atoms with Crippen LogP contribution < -0.4 is 5.73 Å². The van der Waals surface area contributed by atoms with E-state index in [4.69, 9.17) is 31.5 Å². The second kappa shape index (κ2) is 9.88. The molecular weight excluding hydrogens is 493 g/mol. The number of benzene rings is 2. The summed E-state index contributed by atoms with van der Waals surface area (Å²) in [4.78, 5) is 37.2. The van der Waals surface area contributed by atoms with Crippen LogP contribution in [0.3, 0.4) is 0 Å². The Balaban J connectivity index is 1.42. The average molecular weight is 512 g/mol. The van der Waals surface area contributed by atoms with Gasteiger partial charge in [-0.15, -0.1) is 0 Å². The number of rotatable bonds is 6. The molecule has 4 aromatic rings. The zero-order valence-electron chi connectivity index (χ0n) is 18.5. The SMILES string of the molecule is Nc1nc(Cl)c2ncn([C@@H]3O[C@H](COC(=O)c4ccccc4)C(OC(=O)c4ccccc4)[C@H]3F)c2n1. The highest BCUT2D eigenvalue weighted by atomic mass is 35.5. The van der Waals surface area contributed by atoms with Crippen LogP contribution in [0.25, 0.3) is 11.2 Å². The Morgan fingerprint density at radius 3 is 2.33 bits per heavy atom. The number of anilines is 1. The minimum absolute atomic E-state index is 0.00921. The molecule has 2 N–H and O–H groups in total. The van der Waals surface area contributed by atoms with Crippen molar-refractivity contribution in [3.63, 3.8) is 0 Å². The number of carbonyl (C=O) groups is 2. The number of carbonyl (C=O) groups excluding carboxylic acids is 2. The monoisotopic (exact) mass is 511 g/mol. The molecule has 1 unspecified atom stereocenters. The maximum atomic E-state index is 15.8. The molecule has 2 aromatic carbocycles. The van der Waals surface area contributed by atoms with E-state index in [0.29, 0.717) is 5.56 Å². The van der Waals surface area contributed by atoms with E-state index in [9.17, 15) is 9.59 Å². The Labute approximate surface area is 208 Å². The number of nitrogens with zero attached hydrogens (tertiary/aromatic N) is 4. The van der Waals surface area contributed by atoms with Gasteiger partial charge in [0.05, 0.1) is 17.5 Å². The lowest BCUT2D eigenvalue weighted by Gasteiger charge is -2.19. The Bertz CT molecular complexity index is 1400. The fourth-order valence-electron chi connectivity index (χ4n) is 3.86. The molecule has 4 atom stereocenters. The molecule has 0 bridgehead atoms. The molecule has 36 heavy (non-hydrogen) atoms. The maximum Gasteiger partial charge on any atom is 0.338 e. The quantitative estimate of drug-likeness (QED) is 0.305. The first-order chi connectivity index (χ1) is 17.4. The number of fused-ring (bicyclic) bond motifs is 1. The first-order valence-electron chi connectivity index (χ1n) is 10.9. The summed E-state index contributed by atoms with van der Waals surface area (Å²) in [5.41, 5.74) is 6.57. The average Bonchev–Trinajstić information content (AvgIpc) is 3.44. The fraction of sp³-hybridized carbons (Fsp3) is 0.208. The summed E-state index contributed by atoms with van der Waals surface area (Å²) >= 11 is 6.09. The number of nitrogens with two attached hydrogens (primary N) is 1. The van der Waals surface area contributed by atoms with Gasteiger partial charge in [-0.25, -0.2) is 19.0 Å². The van der Waals surface area contributed by atoms with Gasteiger partial charge in [-0.2, -0.15) is 9.97 Å². The predicted octanol–water partition coefficient (Wildman–Crippen LogP) is 3.38. The highest BCUT2D eigenvalue weighted by Crippen LogP contribution is 2.36. The summed E-state index contributed by atoms with van der Waals surface area (Å²) in [5, 5.41) is -0.00921. The Hall–Kier alpha value is -4.09. The van der Waals surface area contributed by atoms with Crippen LogP contribution in [0.4, 0.5) is 10.3 Å². The third kappa shape index (κ3) is 4.58. The van der Waals surface area contributed by atoms with E-state index in [2.05, 4.69) is 15.0 Å². The van der Waals surface area contributed by atoms with Crippen molar-refractivity contribution in [1.29, 1.82) is 0 Å². The Morgan fingerprint density at radius 2 is 1.67 bits per heavy atom. The Kier molecular flexibility index (Phi) is 6.49. The molecule has 0 aliphatic carbocycles. The van der Waals surface area contributed by atoms with Crippen molar-refractivity contribution in [3.8, 4) is 0 Å². The molecular formula is C24H19ClFN5O5. The van der Waals surface area contributed by atoms with Gasteiger partial charge in [0, 0.05) is 0 Å². The summed E-state index contributed by atoms with van der Waals surface area (Å²) < 4.78 is 33.9. The third-order valence-corrected chi connectivity index (χ3v) is 5.84. The topological polar surface area (TPSA) is 131 Å². The third-order valence-electron chi connectivity index (χ3n) is 5.58. The molecule has 0 amide bonds. The van der Waals surface area contributed by atoms with Crippen LogP contribution in [0.5, 0.6) is 0 Å².